The molecule has 3 nitrogen and oxygen atoms in total. The zero-order chi connectivity index (χ0) is 13.9. The number of nitrogens with one attached hydrogen (secondary N) is 1. The fourth-order valence-electron chi connectivity index (χ4n) is 2.47. The van der Waals surface area contributed by atoms with Gasteiger partial charge in [0.1, 0.15) is 0 Å². The highest BCUT2D eigenvalue weighted by Gasteiger charge is 2.25. The molecular formula is C14H26BrN3. The van der Waals surface area contributed by atoms with E-state index in [0.29, 0.717) is 6.04 Å². The van der Waals surface area contributed by atoms with Gasteiger partial charge in [-0.3, -0.25) is 4.68 Å². The molecule has 0 radical (unpaired) electrons. The first kappa shape index (κ1) is 15.7. The molecule has 1 heterocycles. The average molecular weight is 316 g/mol. The van der Waals surface area contributed by atoms with Gasteiger partial charge in [0.2, 0.25) is 0 Å². The second-order valence-electron chi connectivity index (χ2n) is 5.92. The van der Waals surface area contributed by atoms with Gasteiger partial charge in [0.25, 0.3) is 0 Å². The van der Waals surface area contributed by atoms with E-state index in [9.17, 15) is 0 Å². The first-order valence-electron chi connectivity index (χ1n) is 6.68. The molecular weight excluding hydrogens is 290 g/mol. The van der Waals surface area contributed by atoms with Crippen molar-refractivity contribution < 1.29 is 0 Å². The first-order valence-corrected chi connectivity index (χ1v) is 7.47. The minimum absolute atomic E-state index is 0.268. The van der Waals surface area contributed by atoms with Crippen LogP contribution in [0.3, 0.4) is 0 Å². The standard InChI is InChI=1S/C14H26BrN3/c1-7-11-13(15)12(18(6)17-11)9-14(3,4)8-10(2)16-5/h10,16H,7-9H2,1-6H3. The van der Waals surface area contributed by atoms with Gasteiger partial charge in [-0.2, -0.15) is 5.10 Å². The smallest absolute Gasteiger partial charge is 0.0766 e. The van der Waals surface area contributed by atoms with E-state index in [0.717, 1.165) is 25.0 Å². The number of halogens is 1. The summed E-state index contributed by atoms with van der Waals surface area (Å²) in [4.78, 5) is 0. The minimum atomic E-state index is 0.268. The average Bonchev–Trinajstić information content (AvgIpc) is 2.55. The molecule has 0 aromatic carbocycles. The van der Waals surface area contributed by atoms with Crippen molar-refractivity contribution in [2.24, 2.45) is 12.5 Å². The predicted molar refractivity (Wildman–Crippen MR) is 80.9 cm³/mol. The monoisotopic (exact) mass is 315 g/mol. The Balaban J connectivity index is 2.86. The molecule has 0 fully saturated rings. The van der Waals surface area contributed by atoms with Crippen LogP contribution >= 0.6 is 15.9 Å². The Hall–Kier alpha value is -0.350. The van der Waals surface area contributed by atoms with Crippen molar-refractivity contribution in [3.8, 4) is 0 Å². The van der Waals surface area contributed by atoms with Crippen LogP contribution in [-0.4, -0.2) is 22.9 Å². The summed E-state index contributed by atoms with van der Waals surface area (Å²) in [6.07, 6.45) is 3.17. The van der Waals surface area contributed by atoms with Crippen molar-refractivity contribution in [3.63, 3.8) is 0 Å². The molecule has 0 aliphatic rings. The Morgan fingerprint density at radius 1 is 1.44 bits per heavy atom. The third kappa shape index (κ3) is 3.82. The summed E-state index contributed by atoms with van der Waals surface area (Å²) in [6, 6.07) is 0.539. The lowest BCUT2D eigenvalue weighted by Gasteiger charge is -2.28. The van der Waals surface area contributed by atoms with E-state index in [2.05, 4.69) is 54.0 Å². The van der Waals surface area contributed by atoms with Gasteiger partial charge in [0, 0.05) is 13.1 Å². The summed E-state index contributed by atoms with van der Waals surface area (Å²) in [5.74, 6) is 0. The molecule has 18 heavy (non-hydrogen) atoms. The molecule has 1 N–H and O–H groups in total. The summed E-state index contributed by atoms with van der Waals surface area (Å²) < 4.78 is 3.21. The lowest BCUT2D eigenvalue weighted by molar-refractivity contribution is 0.287. The van der Waals surface area contributed by atoms with E-state index >= 15 is 0 Å². The fourth-order valence-corrected chi connectivity index (χ4v) is 3.22. The molecule has 0 saturated carbocycles. The molecule has 1 atom stereocenters. The number of rotatable bonds is 6. The zero-order valence-corrected chi connectivity index (χ0v) is 14.1. The molecule has 1 aromatic rings. The summed E-state index contributed by atoms with van der Waals surface area (Å²) >= 11 is 3.70. The van der Waals surface area contributed by atoms with Gasteiger partial charge in [0.05, 0.1) is 15.9 Å². The highest BCUT2D eigenvalue weighted by Crippen LogP contribution is 2.32. The Morgan fingerprint density at radius 2 is 2.06 bits per heavy atom. The van der Waals surface area contributed by atoms with Crippen molar-refractivity contribution >= 4 is 15.9 Å². The highest BCUT2D eigenvalue weighted by atomic mass is 79.9. The van der Waals surface area contributed by atoms with Gasteiger partial charge in [-0.25, -0.2) is 0 Å². The zero-order valence-electron chi connectivity index (χ0n) is 12.5. The second kappa shape index (κ2) is 6.20. The molecule has 0 amide bonds. The Kier molecular flexibility index (Phi) is 5.41. The van der Waals surface area contributed by atoms with Crippen LogP contribution in [0.5, 0.6) is 0 Å². The van der Waals surface area contributed by atoms with Crippen LogP contribution < -0.4 is 5.32 Å². The predicted octanol–water partition coefficient (Wildman–Crippen LogP) is 3.31. The Bertz CT molecular complexity index is 396. The number of aryl methyl sites for hydroxylation is 2. The van der Waals surface area contributed by atoms with Crippen LogP contribution in [-0.2, 0) is 19.9 Å². The van der Waals surface area contributed by atoms with E-state index in [1.165, 1.54) is 10.2 Å². The van der Waals surface area contributed by atoms with Crippen molar-refractivity contribution in [1.29, 1.82) is 0 Å². The number of hydrogen-bond acceptors (Lipinski definition) is 2. The molecule has 0 aliphatic heterocycles. The lowest BCUT2D eigenvalue weighted by atomic mass is 9.81. The maximum Gasteiger partial charge on any atom is 0.0766 e. The van der Waals surface area contributed by atoms with Crippen molar-refractivity contribution in [1.82, 2.24) is 15.1 Å². The van der Waals surface area contributed by atoms with E-state index in [1.54, 1.807) is 0 Å². The molecule has 104 valence electrons. The molecule has 0 saturated heterocycles. The maximum atomic E-state index is 4.57. The van der Waals surface area contributed by atoms with E-state index < -0.39 is 0 Å². The third-order valence-corrected chi connectivity index (χ3v) is 4.42. The largest absolute Gasteiger partial charge is 0.317 e. The van der Waals surface area contributed by atoms with Crippen molar-refractivity contribution in [2.45, 2.75) is 53.0 Å². The summed E-state index contributed by atoms with van der Waals surface area (Å²) in [6.45, 7) is 9.03. The van der Waals surface area contributed by atoms with Gasteiger partial charge in [-0.05, 0) is 54.6 Å². The molecule has 1 rings (SSSR count). The molecule has 4 heteroatoms. The van der Waals surface area contributed by atoms with Gasteiger partial charge < -0.3 is 5.32 Å². The van der Waals surface area contributed by atoms with E-state index in [1.807, 2.05) is 18.8 Å². The molecule has 0 bridgehead atoms. The summed E-state index contributed by atoms with van der Waals surface area (Å²) in [5, 5.41) is 7.88. The number of hydrogen-bond donors (Lipinski definition) is 1. The van der Waals surface area contributed by atoms with E-state index in [4.69, 9.17) is 0 Å². The quantitative estimate of drug-likeness (QED) is 0.872. The highest BCUT2D eigenvalue weighted by molar-refractivity contribution is 9.10. The van der Waals surface area contributed by atoms with E-state index in [-0.39, 0.29) is 5.41 Å². The first-order chi connectivity index (χ1) is 8.30. The second-order valence-corrected chi connectivity index (χ2v) is 6.71. The number of nitrogens with zero attached hydrogens (tertiary/aromatic N) is 2. The minimum Gasteiger partial charge on any atom is -0.317 e. The Labute approximate surface area is 119 Å². The Morgan fingerprint density at radius 3 is 2.50 bits per heavy atom. The SMILES string of the molecule is CCc1nn(C)c(CC(C)(C)CC(C)NC)c1Br. The van der Waals surface area contributed by atoms with Crippen LogP contribution in [0, 0.1) is 5.41 Å². The van der Waals surface area contributed by atoms with Crippen LogP contribution in [0.1, 0.15) is 45.5 Å². The molecule has 1 unspecified atom stereocenters. The van der Waals surface area contributed by atoms with Crippen LogP contribution in [0.25, 0.3) is 0 Å². The maximum absolute atomic E-state index is 4.57. The van der Waals surface area contributed by atoms with Crippen molar-refractivity contribution in [2.75, 3.05) is 7.05 Å². The van der Waals surface area contributed by atoms with Gasteiger partial charge >= 0.3 is 0 Å². The normalized spacial score (nSPS) is 13.9. The van der Waals surface area contributed by atoms with Crippen LogP contribution in [0.4, 0.5) is 0 Å². The molecule has 0 aliphatic carbocycles. The summed E-state index contributed by atoms with van der Waals surface area (Å²) in [5.41, 5.74) is 2.73. The number of aromatic nitrogens is 2. The topological polar surface area (TPSA) is 29.9 Å². The van der Waals surface area contributed by atoms with Gasteiger partial charge in [-0.1, -0.05) is 20.8 Å². The lowest BCUT2D eigenvalue weighted by Crippen LogP contribution is -2.30. The molecule has 0 spiro atoms. The summed E-state index contributed by atoms with van der Waals surface area (Å²) in [7, 11) is 4.06. The van der Waals surface area contributed by atoms with Crippen molar-refractivity contribution in [3.05, 3.63) is 15.9 Å². The molecule has 1 aromatic heterocycles. The third-order valence-electron chi connectivity index (χ3n) is 3.50. The van der Waals surface area contributed by atoms with Gasteiger partial charge in [0.15, 0.2) is 0 Å². The van der Waals surface area contributed by atoms with Crippen LogP contribution in [0.15, 0.2) is 4.47 Å². The van der Waals surface area contributed by atoms with Crippen LogP contribution in [0.2, 0.25) is 0 Å². The fraction of sp³-hybridized carbons (Fsp3) is 0.786. The van der Waals surface area contributed by atoms with Gasteiger partial charge in [-0.15, -0.1) is 0 Å².